The highest BCUT2D eigenvalue weighted by Gasteiger charge is 2.60. The van der Waals surface area contributed by atoms with E-state index >= 15 is 0 Å². The SMILES string of the molecule is C[N+]1(Cc2ccccc2)[C@@H]2CC[C@@H]1C(=O)N(Cc1ccccc1)C2=O. The molecule has 2 saturated heterocycles. The van der Waals surface area contributed by atoms with Crippen LogP contribution in [-0.4, -0.2) is 40.3 Å². The number of benzene rings is 2. The summed E-state index contributed by atoms with van der Waals surface area (Å²) >= 11 is 0. The zero-order chi connectivity index (χ0) is 17.4. The molecular weight excluding hydrogens is 312 g/mol. The maximum absolute atomic E-state index is 13.1. The predicted molar refractivity (Wildman–Crippen MR) is 95.1 cm³/mol. The molecule has 4 nitrogen and oxygen atoms in total. The largest absolute Gasteiger partial charge is 0.302 e. The quantitative estimate of drug-likeness (QED) is 0.636. The van der Waals surface area contributed by atoms with E-state index in [1.807, 2.05) is 48.5 Å². The number of carbonyl (C=O) groups excluding carboxylic acids is 2. The minimum Gasteiger partial charge on any atom is -0.302 e. The number of nitrogens with zero attached hydrogens (tertiary/aromatic N) is 2. The first-order valence-corrected chi connectivity index (χ1v) is 8.87. The molecule has 128 valence electrons. The molecule has 0 aliphatic carbocycles. The second-order valence-corrected chi connectivity index (χ2v) is 7.35. The summed E-state index contributed by atoms with van der Waals surface area (Å²) in [6.45, 7) is 1.11. The summed E-state index contributed by atoms with van der Waals surface area (Å²) < 4.78 is 0.521. The Hall–Kier alpha value is -2.46. The molecule has 0 aromatic heterocycles. The molecule has 0 radical (unpaired) electrons. The van der Waals surface area contributed by atoms with E-state index in [0.717, 1.165) is 24.9 Å². The van der Waals surface area contributed by atoms with Crippen molar-refractivity contribution >= 4 is 11.8 Å². The average molecular weight is 335 g/mol. The van der Waals surface area contributed by atoms with E-state index in [4.69, 9.17) is 0 Å². The summed E-state index contributed by atoms with van der Waals surface area (Å²) in [4.78, 5) is 27.7. The van der Waals surface area contributed by atoms with Crippen molar-refractivity contribution in [2.45, 2.75) is 38.0 Å². The highest BCUT2D eigenvalue weighted by atomic mass is 16.2. The van der Waals surface area contributed by atoms with Crippen molar-refractivity contribution in [1.82, 2.24) is 4.90 Å². The third kappa shape index (κ3) is 2.67. The number of quaternary nitrogens is 1. The van der Waals surface area contributed by atoms with Gasteiger partial charge in [0.15, 0.2) is 12.1 Å². The number of likely N-dealkylation sites (tertiary alicyclic amines) is 1. The topological polar surface area (TPSA) is 37.4 Å². The fraction of sp³-hybridized carbons (Fsp3) is 0.333. The van der Waals surface area contributed by atoms with Crippen LogP contribution in [0.2, 0.25) is 0 Å². The van der Waals surface area contributed by atoms with Crippen LogP contribution in [-0.2, 0) is 22.7 Å². The van der Waals surface area contributed by atoms with E-state index in [9.17, 15) is 9.59 Å². The zero-order valence-electron chi connectivity index (χ0n) is 14.5. The molecule has 0 saturated carbocycles. The molecule has 2 aliphatic rings. The molecule has 0 spiro atoms. The predicted octanol–water partition coefficient (Wildman–Crippen LogP) is 2.73. The molecular formula is C21H23N2O2+. The van der Waals surface area contributed by atoms with Crippen LogP contribution in [0.5, 0.6) is 0 Å². The van der Waals surface area contributed by atoms with Crippen molar-refractivity contribution in [2.75, 3.05) is 7.05 Å². The first-order valence-electron chi connectivity index (χ1n) is 8.87. The fourth-order valence-corrected chi connectivity index (χ4v) is 4.46. The molecule has 25 heavy (non-hydrogen) atoms. The van der Waals surface area contributed by atoms with Crippen molar-refractivity contribution in [1.29, 1.82) is 0 Å². The van der Waals surface area contributed by atoms with Crippen molar-refractivity contribution in [3.8, 4) is 0 Å². The van der Waals surface area contributed by atoms with E-state index in [-0.39, 0.29) is 23.9 Å². The first kappa shape index (κ1) is 16.0. The van der Waals surface area contributed by atoms with Gasteiger partial charge in [-0.3, -0.25) is 14.5 Å². The van der Waals surface area contributed by atoms with Crippen LogP contribution in [0.25, 0.3) is 0 Å². The monoisotopic (exact) mass is 335 g/mol. The molecule has 0 unspecified atom stereocenters. The van der Waals surface area contributed by atoms with Gasteiger partial charge in [-0.15, -0.1) is 0 Å². The Morgan fingerprint density at radius 3 is 1.84 bits per heavy atom. The Kier molecular flexibility index (Phi) is 3.92. The van der Waals surface area contributed by atoms with Gasteiger partial charge in [-0.2, -0.15) is 0 Å². The highest BCUT2D eigenvalue weighted by Crippen LogP contribution is 2.39. The van der Waals surface area contributed by atoms with Gasteiger partial charge in [0.1, 0.15) is 6.54 Å². The zero-order valence-corrected chi connectivity index (χ0v) is 14.5. The Labute approximate surface area is 148 Å². The molecule has 2 aromatic carbocycles. The van der Waals surface area contributed by atoms with E-state index in [1.165, 1.54) is 10.5 Å². The average Bonchev–Trinajstić information content (AvgIpc) is 2.90. The normalized spacial score (nSPS) is 28.4. The van der Waals surface area contributed by atoms with Crippen LogP contribution < -0.4 is 0 Å². The Bertz CT molecular complexity index is 764. The maximum atomic E-state index is 13.1. The van der Waals surface area contributed by atoms with Gasteiger partial charge < -0.3 is 4.48 Å². The number of rotatable bonds is 4. The number of hydrogen-bond acceptors (Lipinski definition) is 2. The lowest BCUT2D eigenvalue weighted by molar-refractivity contribution is -0.942. The molecule has 0 N–H and O–H groups in total. The van der Waals surface area contributed by atoms with Gasteiger partial charge in [0.2, 0.25) is 0 Å². The van der Waals surface area contributed by atoms with Crippen molar-refractivity contribution < 1.29 is 14.1 Å². The van der Waals surface area contributed by atoms with Gasteiger partial charge >= 0.3 is 0 Å². The first-order chi connectivity index (χ1) is 12.1. The number of amides is 2. The molecule has 2 aromatic rings. The van der Waals surface area contributed by atoms with Crippen LogP contribution in [0.1, 0.15) is 24.0 Å². The van der Waals surface area contributed by atoms with Gasteiger partial charge in [0.05, 0.1) is 13.6 Å². The summed E-state index contributed by atoms with van der Waals surface area (Å²) in [5.41, 5.74) is 2.18. The van der Waals surface area contributed by atoms with E-state index in [1.54, 1.807) is 0 Å². The van der Waals surface area contributed by atoms with E-state index in [0.29, 0.717) is 11.0 Å². The van der Waals surface area contributed by atoms with Crippen LogP contribution >= 0.6 is 0 Å². The molecule has 4 rings (SSSR count). The van der Waals surface area contributed by atoms with Crippen LogP contribution in [0.4, 0.5) is 0 Å². The van der Waals surface area contributed by atoms with Gasteiger partial charge in [-0.25, -0.2) is 0 Å². The van der Waals surface area contributed by atoms with Gasteiger partial charge in [0, 0.05) is 18.4 Å². The molecule has 2 fully saturated rings. The molecule has 2 aliphatic heterocycles. The number of carbonyl (C=O) groups is 2. The molecule has 2 atom stereocenters. The fourth-order valence-electron chi connectivity index (χ4n) is 4.46. The molecule has 4 heteroatoms. The maximum Gasteiger partial charge on any atom is 0.288 e. The molecule has 2 heterocycles. The summed E-state index contributed by atoms with van der Waals surface area (Å²) in [7, 11) is 2.07. The van der Waals surface area contributed by atoms with Crippen molar-refractivity contribution in [3.63, 3.8) is 0 Å². The van der Waals surface area contributed by atoms with Gasteiger partial charge in [-0.1, -0.05) is 60.7 Å². The number of hydrogen-bond donors (Lipinski definition) is 0. The standard InChI is InChI=1S/C21H23N2O2/c1-23(15-17-10-6-3-7-11-17)18-12-13-19(23)21(25)22(20(18)24)14-16-8-4-2-5-9-16/h2-11,18-19H,12-15H2,1H3/q+1/t18-,19-/m1/s1. The smallest absolute Gasteiger partial charge is 0.288 e. The van der Waals surface area contributed by atoms with E-state index in [2.05, 4.69) is 19.2 Å². The second kappa shape index (κ2) is 6.12. The van der Waals surface area contributed by atoms with Crippen molar-refractivity contribution in [3.05, 3.63) is 71.8 Å². The third-order valence-corrected chi connectivity index (χ3v) is 5.79. The minimum atomic E-state index is -0.119. The summed E-state index contributed by atoms with van der Waals surface area (Å²) in [6.07, 6.45) is 1.59. The number of fused-ring (bicyclic) bond motifs is 2. The lowest BCUT2D eigenvalue weighted by atomic mass is 10.0. The minimum absolute atomic E-state index is 0.0129. The second-order valence-electron chi connectivity index (χ2n) is 7.35. The Morgan fingerprint density at radius 2 is 1.32 bits per heavy atom. The van der Waals surface area contributed by atoms with E-state index < -0.39 is 0 Å². The van der Waals surface area contributed by atoms with Gasteiger partial charge in [-0.05, 0) is 5.56 Å². The molecule has 2 bridgehead atoms. The lowest BCUT2D eigenvalue weighted by Gasteiger charge is -2.46. The number of imide groups is 1. The number of piperazine rings is 1. The third-order valence-electron chi connectivity index (χ3n) is 5.79. The Balaban J connectivity index is 1.61. The van der Waals surface area contributed by atoms with Crippen LogP contribution in [0, 0.1) is 0 Å². The summed E-state index contributed by atoms with van der Waals surface area (Å²) in [6, 6.07) is 19.7. The summed E-state index contributed by atoms with van der Waals surface area (Å²) in [5, 5.41) is 0. The highest BCUT2D eigenvalue weighted by molar-refractivity contribution is 6.02. The van der Waals surface area contributed by atoms with Crippen LogP contribution in [0.3, 0.4) is 0 Å². The van der Waals surface area contributed by atoms with Crippen LogP contribution in [0.15, 0.2) is 60.7 Å². The summed E-state index contributed by atoms with van der Waals surface area (Å²) in [5.74, 6) is -0.0259. The number of likely N-dealkylation sites (N-methyl/N-ethyl adjacent to an activating group) is 1. The van der Waals surface area contributed by atoms with Crippen molar-refractivity contribution in [2.24, 2.45) is 0 Å². The molecule has 2 amide bonds. The van der Waals surface area contributed by atoms with Gasteiger partial charge in [0.25, 0.3) is 11.8 Å². The Morgan fingerprint density at radius 1 is 0.840 bits per heavy atom. The lowest BCUT2D eigenvalue weighted by Crippen LogP contribution is -2.68.